The number of aryl methyl sites for hydroxylation is 1. The van der Waals surface area contributed by atoms with E-state index in [4.69, 9.17) is 5.11 Å². The summed E-state index contributed by atoms with van der Waals surface area (Å²) in [6.07, 6.45) is 0. The van der Waals surface area contributed by atoms with Crippen molar-refractivity contribution in [1.29, 1.82) is 0 Å². The fourth-order valence-corrected chi connectivity index (χ4v) is 2.89. The molecule has 0 aliphatic heterocycles. The summed E-state index contributed by atoms with van der Waals surface area (Å²) < 4.78 is 0. The van der Waals surface area contributed by atoms with Gasteiger partial charge in [0, 0.05) is 10.3 Å². The first kappa shape index (κ1) is 14.5. The normalized spacial score (nSPS) is 10.2. The van der Waals surface area contributed by atoms with Crippen LogP contribution < -0.4 is 5.32 Å². The van der Waals surface area contributed by atoms with Gasteiger partial charge in [-0.15, -0.1) is 23.1 Å². The Bertz CT molecular complexity index is 640. The first-order valence-corrected chi connectivity index (χ1v) is 7.59. The monoisotopic (exact) mass is 308 g/mol. The molecule has 0 aliphatic carbocycles. The van der Waals surface area contributed by atoms with Gasteiger partial charge in [0.1, 0.15) is 0 Å². The SMILES string of the molecule is Cc1csc(NC(=O)CSc2cccc(C(=O)O)c2)n1. The van der Waals surface area contributed by atoms with Gasteiger partial charge in [0.2, 0.25) is 5.91 Å². The molecule has 2 aromatic rings. The molecule has 1 heterocycles. The van der Waals surface area contributed by atoms with Crippen LogP contribution in [0.3, 0.4) is 0 Å². The number of thiazole rings is 1. The summed E-state index contributed by atoms with van der Waals surface area (Å²) in [7, 11) is 0. The van der Waals surface area contributed by atoms with Crippen molar-refractivity contribution in [3.8, 4) is 0 Å². The molecule has 0 saturated carbocycles. The number of nitrogens with one attached hydrogen (secondary N) is 1. The molecule has 0 fully saturated rings. The second-order valence-corrected chi connectivity index (χ2v) is 5.87. The van der Waals surface area contributed by atoms with Gasteiger partial charge in [-0.1, -0.05) is 6.07 Å². The van der Waals surface area contributed by atoms with E-state index in [1.54, 1.807) is 18.2 Å². The smallest absolute Gasteiger partial charge is 0.335 e. The van der Waals surface area contributed by atoms with E-state index >= 15 is 0 Å². The predicted molar refractivity (Wildman–Crippen MR) is 79.6 cm³/mol. The molecular weight excluding hydrogens is 296 g/mol. The molecule has 0 aliphatic rings. The van der Waals surface area contributed by atoms with Crippen LogP contribution in [-0.2, 0) is 4.79 Å². The number of benzene rings is 1. The van der Waals surface area contributed by atoms with Crippen molar-refractivity contribution in [2.45, 2.75) is 11.8 Å². The highest BCUT2D eigenvalue weighted by molar-refractivity contribution is 8.00. The van der Waals surface area contributed by atoms with Gasteiger partial charge in [-0.3, -0.25) is 4.79 Å². The third-order valence-electron chi connectivity index (χ3n) is 2.32. The summed E-state index contributed by atoms with van der Waals surface area (Å²) in [5.41, 5.74) is 1.08. The Kier molecular flexibility index (Phi) is 4.75. The minimum absolute atomic E-state index is 0.162. The number of rotatable bonds is 5. The summed E-state index contributed by atoms with van der Waals surface area (Å²) in [6, 6.07) is 6.50. The zero-order chi connectivity index (χ0) is 14.5. The quantitative estimate of drug-likeness (QED) is 0.830. The molecule has 0 atom stereocenters. The molecule has 7 heteroatoms. The standard InChI is InChI=1S/C13H12N2O3S2/c1-8-6-20-13(14-8)15-11(16)7-19-10-4-2-3-9(5-10)12(17)18/h2-6H,7H2,1H3,(H,17,18)(H,14,15,16). The number of hydrogen-bond donors (Lipinski definition) is 2. The van der Waals surface area contributed by atoms with Gasteiger partial charge in [0.05, 0.1) is 17.0 Å². The Morgan fingerprint density at radius 2 is 2.25 bits per heavy atom. The Morgan fingerprint density at radius 3 is 2.90 bits per heavy atom. The van der Waals surface area contributed by atoms with E-state index in [9.17, 15) is 9.59 Å². The number of carbonyl (C=O) groups excluding carboxylic acids is 1. The number of anilines is 1. The molecule has 0 unspecified atom stereocenters. The van der Waals surface area contributed by atoms with Crippen molar-refractivity contribution in [2.24, 2.45) is 0 Å². The largest absolute Gasteiger partial charge is 0.478 e. The molecule has 20 heavy (non-hydrogen) atoms. The van der Waals surface area contributed by atoms with E-state index in [0.29, 0.717) is 5.13 Å². The van der Waals surface area contributed by atoms with E-state index in [1.807, 2.05) is 12.3 Å². The van der Waals surface area contributed by atoms with Crippen LogP contribution >= 0.6 is 23.1 Å². The van der Waals surface area contributed by atoms with Crippen LogP contribution in [0, 0.1) is 6.92 Å². The molecular formula is C13H12N2O3S2. The fraction of sp³-hybridized carbons (Fsp3) is 0.154. The molecule has 5 nitrogen and oxygen atoms in total. The number of nitrogens with zero attached hydrogens (tertiary/aromatic N) is 1. The van der Waals surface area contributed by atoms with Crippen LogP contribution in [0.1, 0.15) is 16.1 Å². The predicted octanol–water partition coefficient (Wildman–Crippen LogP) is 2.88. The lowest BCUT2D eigenvalue weighted by molar-refractivity contribution is -0.113. The minimum atomic E-state index is -0.977. The van der Waals surface area contributed by atoms with Crippen LogP contribution in [-0.4, -0.2) is 27.7 Å². The molecule has 1 aromatic carbocycles. The third kappa shape index (κ3) is 4.07. The van der Waals surface area contributed by atoms with Gasteiger partial charge in [-0.25, -0.2) is 9.78 Å². The lowest BCUT2D eigenvalue weighted by atomic mass is 10.2. The summed E-state index contributed by atoms with van der Waals surface area (Å²) in [6.45, 7) is 1.86. The lowest BCUT2D eigenvalue weighted by Gasteiger charge is -2.03. The first-order valence-electron chi connectivity index (χ1n) is 5.73. The Labute approximate surface area is 124 Å². The van der Waals surface area contributed by atoms with E-state index in [-0.39, 0.29) is 17.2 Å². The molecule has 2 rings (SSSR count). The Hall–Kier alpha value is -1.86. The average molecular weight is 308 g/mol. The fourth-order valence-electron chi connectivity index (χ4n) is 1.43. The van der Waals surface area contributed by atoms with E-state index in [0.717, 1.165) is 10.6 Å². The van der Waals surface area contributed by atoms with Crippen LogP contribution in [0.4, 0.5) is 5.13 Å². The number of amides is 1. The maximum atomic E-state index is 11.7. The molecule has 0 saturated heterocycles. The van der Waals surface area contributed by atoms with Gasteiger partial charge >= 0.3 is 5.97 Å². The zero-order valence-corrected chi connectivity index (χ0v) is 12.3. The number of carboxylic acids is 1. The Balaban J connectivity index is 1.90. The molecule has 0 radical (unpaired) electrons. The molecule has 0 bridgehead atoms. The van der Waals surface area contributed by atoms with Gasteiger partial charge in [-0.05, 0) is 25.1 Å². The topological polar surface area (TPSA) is 79.3 Å². The van der Waals surface area contributed by atoms with E-state index in [2.05, 4.69) is 10.3 Å². The zero-order valence-electron chi connectivity index (χ0n) is 10.6. The number of carbonyl (C=O) groups is 2. The van der Waals surface area contributed by atoms with Gasteiger partial charge in [-0.2, -0.15) is 0 Å². The summed E-state index contributed by atoms with van der Waals surface area (Å²) in [5.74, 6) is -0.929. The van der Waals surface area contributed by atoms with Gasteiger partial charge in [0.25, 0.3) is 0 Å². The highest BCUT2D eigenvalue weighted by atomic mass is 32.2. The summed E-state index contributed by atoms with van der Waals surface area (Å²) in [4.78, 5) is 27.5. The molecule has 2 N–H and O–H groups in total. The van der Waals surface area contributed by atoms with Crippen LogP contribution in [0.5, 0.6) is 0 Å². The average Bonchev–Trinajstić information content (AvgIpc) is 2.82. The molecule has 104 valence electrons. The maximum Gasteiger partial charge on any atom is 0.335 e. The highest BCUT2D eigenvalue weighted by Crippen LogP contribution is 2.20. The van der Waals surface area contributed by atoms with E-state index in [1.165, 1.54) is 29.2 Å². The summed E-state index contributed by atoms with van der Waals surface area (Å²) in [5, 5.41) is 14.0. The number of thioether (sulfide) groups is 1. The van der Waals surface area contributed by atoms with Crippen molar-refractivity contribution in [3.05, 3.63) is 40.9 Å². The van der Waals surface area contributed by atoms with Crippen molar-refractivity contribution < 1.29 is 14.7 Å². The van der Waals surface area contributed by atoms with Crippen molar-refractivity contribution in [2.75, 3.05) is 11.1 Å². The number of hydrogen-bond acceptors (Lipinski definition) is 5. The third-order valence-corrected chi connectivity index (χ3v) is 4.19. The van der Waals surface area contributed by atoms with Crippen LogP contribution in [0.25, 0.3) is 0 Å². The Morgan fingerprint density at radius 1 is 1.45 bits per heavy atom. The number of aromatic nitrogens is 1. The van der Waals surface area contributed by atoms with Crippen molar-refractivity contribution in [1.82, 2.24) is 4.98 Å². The van der Waals surface area contributed by atoms with E-state index < -0.39 is 5.97 Å². The lowest BCUT2D eigenvalue weighted by Crippen LogP contribution is -2.13. The first-order chi connectivity index (χ1) is 9.54. The molecule has 1 amide bonds. The van der Waals surface area contributed by atoms with Gasteiger partial charge < -0.3 is 10.4 Å². The summed E-state index contributed by atoms with van der Waals surface area (Å²) >= 11 is 2.66. The minimum Gasteiger partial charge on any atom is -0.478 e. The second-order valence-electron chi connectivity index (χ2n) is 3.96. The van der Waals surface area contributed by atoms with Crippen LogP contribution in [0.15, 0.2) is 34.5 Å². The molecule has 0 spiro atoms. The van der Waals surface area contributed by atoms with Crippen molar-refractivity contribution >= 4 is 40.1 Å². The second kappa shape index (κ2) is 6.53. The highest BCUT2D eigenvalue weighted by Gasteiger charge is 2.08. The van der Waals surface area contributed by atoms with Crippen molar-refractivity contribution in [3.63, 3.8) is 0 Å². The number of aromatic carboxylic acids is 1. The van der Waals surface area contributed by atoms with Gasteiger partial charge in [0.15, 0.2) is 5.13 Å². The number of carboxylic acid groups (broad SMARTS) is 1. The molecule has 1 aromatic heterocycles. The maximum absolute atomic E-state index is 11.7. The van der Waals surface area contributed by atoms with Crippen LogP contribution in [0.2, 0.25) is 0 Å².